The molecule has 9 N–H and O–H groups in total. The molecule has 2 amide bonds. The lowest BCUT2D eigenvalue weighted by Crippen LogP contribution is -2.78. The lowest BCUT2D eigenvalue weighted by Gasteiger charge is -2.49. The van der Waals surface area contributed by atoms with Gasteiger partial charge in [-0.15, -0.1) is 0 Å². The van der Waals surface area contributed by atoms with E-state index in [1.165, 1.54) is 4.90 Å². The maximum Gasteiger partial charge on any atom is 0.255 e. The van der Waals surface area contributed by atoms with Gasteiger partial charge in [0, 0.05) is 24.2 Å². The third-order valence-corrected chi connectivity index (χ3v) is 8.82. The Bertz CT molecular complexity index is 1520. The van der Waals surface area contributed by atoms with Crippen molar-refractivity contribution in [3.63, 3.8) is 0 Å². The quantitative estimate of drug-likeness (QED) is 0.224. The monoisotopic (exact) mass is 576 g/mol. The van der Waals surface area contributed by atoms with E-state index < -0.39 is 35.5 Å². The Balaban J connectivity index is 1.26. The fraction of sp³-hybridized carbons (Fsp3) is 0.448. The number of hydrogen-bond donors (Lipinski definition) is 7. The predicted molar refractivity (Wildman–Crippen MR) is 155 cm³/mol. The number of para-hydroxylation sites is 1. The Morgan fingerprint density at radius 2 is 1.90 bits per heavy atom. The van der Waals surface area contributed by atoms with Crippen molar-refractivity contribution in [2.75, 3.05) is 19.7 Å². The number of aliphatic imine (C=N–C) groups is 2. The third-order valence-electron chi connectivity index (χ3n) is 8.82. The summed E-state index contributed by atoms with van der Waals surface area (Å²) in [7, 11) is 0. The molecular formula is C29H36N8O5. The molecule has 0 bridgehead atoms. The number of aliphatic hydroxyl groups is 2. The van der Waals surface area contributed by atoms with E-state index in [9.17, 15) is 19.8 Å². The maximum absolute atomic E-state index is 13.6. The molecule has 1 fully saturated rings. The van der Waals surface area contributed by atoms with E-state index in [0.717, 1.165) is 17.5 Å². The molecule has 13 heteroatoms. The van der Waals surface area contributed by atoms with Crippen molar-refractivity contribution < 1.29 is 24.5 Å². The second kappa shape index (κ2) is 9.60. The van der Waals surface area contributed by atoms with Crippen molar-refractivity contribution in [2.24, 2.45) is 21.5 Å². The summed E-state index contributed by atoms with van der Waals surface area (Å²) in [6.07, 6.45) is 0.807. The highest BCUT2D eigenvalue weighted by Crippen LogP contribution is 2.45. The zero-order valence-electron chi connectivity index (χ0n) is 23.7. The van der Waals surface area contributed by atoms with Crippen LogP contribution < -0.4 is 32.2 Å². The number of nitrogens with two attached hydrogens (primary N) is 2. The molecule has 13 nitrogen and oxygen atoms in total. The second-order valence-electron chi connectivity index (χ2n) is 12.0. The first-order valence-corrected chi connectivity index (χ1v) is 13.9. The zero-order chi connectivity index (χ0) is 30.0. The Morgan fingerprint density at radius 3 is 2.67 bits per heavy atom. The molecule has 2 aromatic carbocycles. The number of carbonyl (C=O) groups is 2. The lowest BCUT2D eigenvalue weighted by molar-refractivity contribution is -0.230. The molecule has 4 aliphatic rings. The first-order valence-electron chi connectivity index (χ1n) is 13.9. The minimum atomic E-state index is -2.60. The van der Waals surface area contributed by atoms with Gasteiger partial charge in [0.05, 0.1) is 18.2 Å². The van der Waals surface area contributed by atoms with E-state index in [1.807, 2.05) is 19.1 Å². The van der Waals surface area contributed by atoms with Crippen molar-refractivity contribution >= 4 is 23.7 Å². The average molecular weight is 577 g/mol. The van der Waals surface area contributed by atoms with Crippen molar-refractivity contribution in [3.8, 4) is 5.75 Å². The van der Waals surface area contributed by atoms with Gasteiger partial charge in [-0.3, -0.25) is 9.59 Å². The fourth-order valence-electron chi connectivity index (χ4n) is 6.52. The predicted octanol–water partition coefficient (Wildman–Crippen LogP) is -0.740. The number of guanidine groups is 2. The number of carbonyl (C=O) groups excluding carboxylic acids is 2. The number of nitrogens with one attached hydrogen (secondary N) is 3. The summed E-state index contributed by atoms with van der Waals surface area (Å²) < 4.78 is 5.90. The van der Waals surface area contributed by atoms with Gasteiger partial charge in [-0.25, -0.2) is 9.98 Å². The van der Waals surface area contributed by atoms with Crippen LogP contribution in [0.5, 0.6) is 5.75 Å². The SMILES string of the molecule is Cc1cccc(C(=O)NC[C@@H]2N=C(N)N3CC(NC(=O)c4cccc5c4OCCC5(C)C)C(O)(O)C34NC(N)=NC24)c1. The third kappa shape index (κ3) is 4.14. The number of fused-ring (bicyclic) bond motifs is 1. The van der Waals surface area contributed by atoms with Gasteiger partial charge in [-0.05, 0) is 37.0 Å². The number of benzene rings is 2. The van der Waals surface area contributed by atoms with E-state index in [-0.39, 0.29) is 36.3 Å². The molecule has 42 heavy (non-hydrogen) atoms. The average Bonchev–Trinajstić information content (AvgIpc) is 3.40. The van der Waals surface area contributed by atoms with Gasteiger partial charge in [-0.2, -0.15) is 0 Å². The molecule has 1 spiro atoms. The molecule has 0 saturated carbocycles. The van der Waals surface area contributed by atoms with Crippen LogP contribution in [0.25, 0.3) is 0 Å². The molecule has 3 unspecified atom stereocenters. The molecule has 1 saturated heterocycles. The van der Waals surface area contributed by atoms with E-state index in [2.05, 4.69) is 39.8 Å². The molecule has 6 rings (SSSR count). The summed E-state index contributed by atoms with van der Waals surface area (Å²) in [5.74, 6) is -3.02. The Labute approximate surface area is 243 Å². The number of amides is 2. The van der Waals surface area contributed by atoms with Crippen LogP contribution in [-0.2, 0) is 5.41 Å². The lowest BCUT2D eigenvalue weighted by atomic mass is 9.79. The van der Waals surface area contributed by atoms with Crippen molar-refractivity contribution in [2.45, 2.75) is 62.2 Å². The maximum atomic E-state index is 13.6. The molecule has 0 radical (unpaired) electrons. The number of hydrogen-bond acceptors (Lipinski definition) is 11. The minimum Gasteiger partial charge on any atom is -0.492 e. The van der Waals surface area contributed by atoms with Crippen LogP contribution in [0.3, 0.4) is 0 Å². The molecule has 4 atom stereocenters. The Kier molecular flexibility index (Phi) is 6.35. The topological polar surface area (TPSA) is 200 Å². The van der Waals surface area contributed by atoms with Gasteiger partial charge in [0.2, 0.25) is 5.79 Å². The van der Waals surface area contributed by atoms with Crippen LogP contribution in [0.2, 0.25) is 0 Å². The summed E-state index contributed by atoms with van der Waals surface area (Å²) >= 11 is 0. The highest BCUT2D eigenvalue weighted by Gasteiger charge is 2.73. The number of nitrogens with zero attached hydrogens (tertiary/aromatic N) is 3. The van der Waals surface area contributed by atoms with Gasteiger partial charge in [0.1, 0.15) is 17.8 Å². The molecule has 4 aliphatic heterocycles. The van der Waals surface area contributed by atoms with Crippen molar-refractivity contribution in [1.82, 2.24) is 20.9 Å². The molecule has 2 aromatic rings. The summed E-state index contributed by atoms with van der Waals surface area (Å²) in [4.78, 5) is 36.9. The number of aryl methyl sites for hydroxylation is 1. The fourth-order valence-corrected chi connectivity index (χ4v) is 6.52. The van der Waals surface area contributed by atoms with Crippen LogP contribution in [0.4, 0.5) is 0 Å². The van der Waals surface area contributed by atoms with Crippen molar-refractivity contribution in [1.29, 1.82) is 0 Å². The highest BCUT2D eigenvalue weighted by atomic mass is 16.5. The van der Waals surface area contributed by atoms with Gasteiger partial charge in [0.15, 0.2) is 17.6 Å². The van der Waals surface area contributed by atoms with Crippen LogP contribution in [0.15, 0.2) is 52.4 Å². The molecule has 0 aromatic heterocycles. The van der Waals surface area contributed by atoms with Crippen LogP contribution in [-0.4, -0.2) is 88.1 Å². The minimum absolute atomic E-state index is 0.00255. The number of ether oxygens (including phenoxy) is 1. The Morgan fingerprint density at radius 1 is 1.14 bits per heavy atom. The van der Waals surface area contributed by atoms with E-state index in [0.29, 0.717) is 23.5 Å². The summed E-state index contributed by atoms with van der Waals surface area (Å²) in [5, 5.41) is 32.0. The van der Waals surface area contributed by atoms with Crippen molar-refractivity contribution in [3.05, 3.63) is 64.7 Å². The normalized spacial score (nSPS) is 28.2. The smallest absolute Gasteiger partial charge is 0.255 e. The molecular weight excluding hydrogens is 540 g/mol. The second-order valence-corrected chi connectivity index (χ2v) is 12.0. The van der Waals surface area contributed by atoms with E-state index in [1.54, 1.807) is 30.3 Å². The standard InChI is InChI=1S/C29H36N8O5/c1-15-6-4-7-16(12-15)23(38)32-13-19-22-28(36-25(30)35-22)29(40,41)20(14-37(28)26(31)33-19)34-24(39)17-8-5-9-18-21(17)42-11-10-27(18,2)3/h4-9,12,19-20,22,40-41H,10-11,13-14H2,1-3H3,(H2,31,33)(H,32,38)(H,34,39)(H3,30,35,36)/t19-,20?,22?,28?/m0/s1. The highest BCUT2D eigenvalue weighted by molar-refractivity contribution is 5.98. The van der Waals surface area contributed by atoms with Gasteiger partial charge < -0.3 is 47.3 Å². The van der Waals surface area contributed by atoms with Crippen LogP contribution in [0.1, 0.15) is 52.1 Å². The first kappa shape index (κ1) is 27.8. The summed E-state index contributed by atoms with van der Waals surface area (Å²) in [6, 6.07) is 9.55. The molecule has 222 valence electrons. The van der Waals surface area contributed by atoms with Gasteiger partial charge >= 0.3 is 0 Å². The van der Waals surface area contributed by atoms with E-state index >= 15 is 0 Å². The first-order chi connectivity index (χ1) is 19.8. The van der Waals surface area contributed by atoms with Gasteiger partial charge in [0.25, 0.3) is 11.8 Å². The molecule has 0 aliphatic carbocycles. The summed E-state index contributed by atoms with van der Waals surface area (Å²) in [6.45, 7) is 6.45. The van der Waals surface area contributed by atoms with Crippen LogP contribution >= 0.6 is 0 Å². The molecule has 4 heterocycles. The van der Waals surface area contributed by atoms with E-state index in [4.69, 9.17) is 16.2 Å². The Hall–Kier alpha value is -4.36. The summed E-state index contributed by atoms with van der Waals surface area (Å²) in [5.41, 5.74) is 13.1. The van der Waals surface area contributed by atoms with Crippen LogP contribution in [0, 0.1) is 6.92 Å². The largest absolute Gasteiger partial charge is 0.492 e. The number of rotatable bonds is 5. The zero-order valence-corrected chi connectivity index (χ0v) is 23.7. The van der Waals surface area contributed by atoms with Gasteiger partial charge in [-0.1, -0.05) is 43.7 Å².